The van der Waals surface area contributed by atoms with Crippen molar-refractivity contribution >= 4 is 39.7 Å². The van der Waals surface area contributed by atoms with Crippen molar-refractivity contribution < 1.29 is 13.2 Å². The summed E-state index contributed by atoms with van der Waals surface area (Å²) in [5.74, 6) is -0.171. The summed E-state index contributed by atoms with van der Waals surface area (Å²) in [6.45, 7) is 1.83. The van der Waals surface area contributed by atoms with Crippen LogP contribution in [0.3, 0.4) is 0 Å². The molecule has 1 fully saturated rings. The molecule has 0 spiro atoms. The van der Waals surface area contributed by atoms with Crippen molar-refractivity contribution in [1.82, 2.24) is 14.2 Å². The van der Waals surface area contributed by atoms with Crippen molar-refractivity contribution in [2.24, 2.45) is 5.73 Å². The van der Waals surface area contributed by atoms with Gasteiger partial charge in [-0.25, -0.2) is 13.4 Å². The van der Waals surface area contributed by atoms with E-state index < -0.39 is 10.0 Å². The molecular formula is C16H21ClN4O3S2. The third-order valence-electron chi connectivity index (χ3n) is 4.07. The number of hydrogen-bond donors (Lipinski definition) is 1. The summed E-state index contributed by atoms with van der Waals surface area (Å²) in [4.78, 5) is 18.7. The van der Waals surface area contributed by atoms with Crippen LogP contribution >= 0.6 is 23.7 Å². The van der Waals surface area contributed by atoms with Crippen molar-refractivity contribution in [1.29, 1.82) is 0 Å². The molecule has 3 rings (SSSR count). The van der Waals surface area contributed by atoms with Gasteiger partial charge in [-0.3, -0.25) is 4.79 Å². The molecule has 0 bridgehead atoms. The first-order valence-corrected chi connectivity index (χ1v) is 10.3. The second kappa shape index (κ2) is 8.92. The van der Waals surface area contributed by atoms with Crippen molar-refractivity contribution in [3.05, 3.63) is 46.4 Å². The van der Waals surface area contributed by atoms with Gasteiger partial charge in [-0.05, 0) is 18.6 Å². The molecular weight excluding hydrogens is 396 g/mol. The summed E-state index contributed by atoms with van der Waals surface area (Å²) in [6, 6.07) is 8.38. The molecule has 1 aromatic carbocycles. The van der Waals surface area contributed by atoms with E-state index in [9.17, 15) is 13.2 Å². The quantitative estimate of drug-likeness (QED) is 0.815. The van der Waals surface area contributed by atoms with Gasteiger partial charge in [0.05, 0.1) is 4.90 Å². The number of carbonyl (C=O) groups excluding carboxylic acids is 1. The van der Waals surface area contributed by atoms with Gasteiger partial charge >= 0.3 is 0 Å². The Bertz CT molecular complexity index is 842. The Morgan fingerprint density at radius 2 is 1.88 bits per heavy atom. The van der Waals surface area contributed by atoms with Crippen LogP contribution in [0, 0.1) is 0 Å². The van der Waals surface area contributed by atoms with Crippen LogP contribution in [-0.2, 0) is 16.6 Å². The van der Waals surface area contributed by atoms with Crippen LogP contribution in [0.2, 0.25) is 0 Å². The highest BCUT2D eigenvalue weighted by molar-refractivity contribution is 7.89. The largest absolute Gasteiger partial charge is 0.336 e. The van der Waals surface area contributed by atoms with Gasteiger partial charge in [-0.15, -0.1) is 23.7 Å². The van der Waals surface area contributed by atoms with E-state index in [4.69, 9.17) is 5.73 Å². The Labute approximate surface area is 163 Å². The van der Waals surface area contributed by atoms with Gasteiger partial charge in [0.15, 0.2) is 0 Å². The van der Waals surface area contributed by atoms with Crippen LogP contribution < -0.4 is 5.73 Å². The smallest absolute Gasteiger partial charge is 0.273 e. The van der Waals surface area contributed by atoms with Gasteiger partial charge in [-0.2, -0.15) is 4.31 Å². The number of thiazole rings is 1. The number of halogens is 1. The maximum absolute atomic E-state index is 12.7. The van der Waals surface area contributed by atoms with Gasteiger partial charge in [0.1, 0.15) is 10.7 Å². The summed E-state index contributed by atoms with van der Waals surface area (Å²) in [6.07, 6.45) is 0.589. The van der Waals surface area contributed by atoms with Crippen molar-refractivity contribution in [2.75, 3.05) is 26.2 Å². The van der Waals surface area contributed by atoms with Crippen LogP contribution in [0.1, 0.15) is 21.9 Å². The van der Waals surface area contributed by atoms with E-state index in [1.54, 1.807) is 40.6 Å². The SMILES string of the molecule is Cl.NCc1nc(C(=O)N2CCCN(S(=O)(=O)c3ccccc3)CC2)cs1. The third-order valence-corrected chi connectivity index (χ3v) is 6.85. The topological polar surface area (TPSA) is 96.6 Å². The van der Waals surface area contributed by atoms with Gasteiger partial charge in [-0.1, -0.05) is 18.2 Å². The average molecular weight is 417 g/mol. The summed E-state index contributed by atoms with van der Waals surface area (Å²) >= 11 is 1.36. The molecule has 0 radical (unpaired) electrons. The van der Waals surface area contributed by atoms with Crippen LogP contribution in [0.5, 0.6) is 0 Å². The fourth-order valence-electron chi connectivity index (χ4n) is 2.74. The lowest BCUT2D eigenvalue weighted by Crippen LogP contribution is -2.37. The normalized spacial score (nSPS) is 16.0. The Morgan fingerprint density at radius 3 is 2.54 bits per heavy atom. The summed E-state index contributed by atoms with van der Waals surface area (Å²) < 4.78 is 26.9. The van der Waals surface area contributed by atoms with E-state index in [-0.39, 0.29) is 29.8 Å². The number of sulfonamides is 1. The van der Waals surface area contributed by atoms with Crippen molar-refractivity contribution in [3.63, 3.8) is 0 Å². The van der Waals surface area contributed by atoms with Crippen LogP contribution in [0.4, 0.5) is 0 Å². The molecule has 1 aliphatic rings. The highest BCUT2D eigenvalue weighted by atomic mass is 35.5. The van der Waals surface area contributed by atoms with E-state index in [0.29, 0.717) is 43.3 Å². The molecule has 0 atom stereocenters. The molecule has 0 saturated carbocycles. The lowest BCUT2D eigenvalue weighted by molar-refractivity contribution is 0.0759. The van der Waals surface area contributed by atoms with E-state index in [0.717, 1.165) is 0 Å². The molecule has 2 N–H and O–H groups in total. The fourth-order valence-corrected chi connectivity index (χ4v) is 4.88. The number of rotatable bonds is 4. The van der Waals surface area contributed by atoms with Gasteiger partial charge in [0.2, 0.25) is 10.0 Å². The molecule has 0 aliphatic carbocycles. The number of amides is 1. The molecule has 26 heavy (non-hydrogen) atoms. The maximum Gasteiger partial charge on any atom is 0.273 e. The second-order valence-corrected chi connectivity index (χ2v) is 8.57. The van der Waals surface area contributed by atoms with Gasteiger partial charge in [0, 0.05) is 38.1 Å². The van der Waals surface area contributed by atoms with Crippen molar-refractivity contribution in [3.8, 4) is 0 Å². The summed E-state index contributed by atoms with van der Waals surface area (Å²) in [5, 5.41) is 2.42. The first-order valence-electron chi connectivity index (χ1n) is 8.01. The minimum absolute atomic E-state index is 0. The first-order chi connectivity index (χ1) is 12.0. The number of benzene rings is 1. The van der Waals surface area contributed by atoms with Crippen LogP contribution in [0.15, 0.2) is 40.6 Å². The molecule has 7 nitrogen and oxygen atoms in total. The third kappa shape index (κ3) is 4.41. The molecule has 1 amide bonds. The molecule has 2 aromatic rings. The minimum Gasteiger partial charge on any atom is -0.336 e. The van der Waals surface area contributed by atoms with Gasteiger partial charge in [0.25, 0.3) is 5.91 Å². The Hall–Kier alpha value is -1.52. The first kappa shape index (κ1) is 20.8. The number of hydrogen-bond acceptors (Lipinski definition) is 6. The zero-order valence-corrected chi connectivity index (χ0v) is 16.5. The number of nitrogens with zero attached hydrogens (tertiary/aromatic N) is 3. The van der Waals surface area contributed by atoms with E-state index in [2.05, 4.69) is 4.98 Å². The zero-order valence-electron chi connectivity index (χ0n) is 14.1. The second-order valence-electron chi connectivity index (χ2n) is 5.69. The predicted molar refractivity (Wildman–Crippen MR) is 103 cm³/mol. The average Bonchev–Trinajstić information content (AvgIpc) is 2.98. The molecule has 1 saturated heterocycles. The zero-order chi connectivity index (χ0) is 17.9. The molecule has 10 heteroatoms. The highest BCUT2D eigenvalue weighted by Crippen LogP contribution is 2.18. The van der Waals surface area contributed by atoms with E-state index >= 15 is 0 Å². The highest BCUT2D eigenvalue weighted by Gasteiger charge is 2.28. The fraction of sp³-hybridized carbons (Fsp3) is 0.375. The lowest BCUT2D eigenvalue weighted by atomic mass is 10.3. The minimum atomic E-state index is -3.53. The molecule has 1 aliphatic heterocycles. The van der Waals surface area contributed by atoms with Gasteiger partial charge < -0.3 is 10.6 Å². The maximum atomic E-state index is 12.7. The molecule has 142 valence electrons. The standard InChI is InChI=1S/C16H20N4O3S2.ClH/c17-11-15-18-14(12-24-15)16(21)19-7-4-8-20(10-9-19)25(22,23)13-5-2-1-3-6-13;/h1-3,5-6,12H,4,7-11,17H2;1H. The van der Waals surface area contributed by atoms with E-state index in [1.165, 1.54) is 15.6 Å². The Balaban J connectivity index is 0.00000243. The van der Waals surface area contributed by atoms with Crippen molar-refractivity contribution in [2.45, 2.75) is 17.9 Å². The molecule has 1 aromatic heterocycles. The predicted octanol–water partition coefficient (Wildman–Crippen LogP) is 1.56. The lowest BCUT2D eigenvalue weighted by Gasteiger charge is -2.21. The van der Waals surface area contributed by atoms with Crippen LogP contribution in [-0.4, -0.2) is 54.7 Å². The van der Waals surface area contributed by atoms with E-state index in [1.807, 2.05) is 0 Å². The number of nitrogens with two attached hydrogens (primary N) is 1. The molecule has 0 unspecified atom stereocenters. The molecule has 2 heterocycles. The summed E-state index contributed by atoms with van der Waals surface area (Å²) in [5.41, 5.74) is 5.92. The summed E-state index contributed by atoms with van der Waals surface area (Å²) in [7, 11) is -3.53. The Morgan fingerprint density at radius 1 is 1.15 bits per heavy atom. The monoisotopic (exact) mass is 416 g/mol. The number of aromatic nitrogens is 1. The Kier molecular flexibility index (Phi) is 7.13. The number of carbonyl (C=O) groups is 1. The van der Waals surface area contributed by atoms with Crippen LogP contribution in [0.25, 0.3) is 0 Å².